The number of anilines is 1. The molecule has 30 heavy (non-hydrogen) atoms. The molecule has 0 fully saturated rings. The molecule has 3 aromatic rings. The van der Waals surface area contributed by atoms with Crippen molar-refractivity contribution in [2.24, 2.45) is 0 Å². The van der Waals surface area contributed by atoms with Crippen LogP contribution in [0.4, 0.5) is 5.69 Å². The van der Waals surface area contributed by atoms with Gasteiger partial charge in [0.15, 0.2) is 5.65 Å². The van der Waals surface area contributed by atoms with Gasteiger partial charge in [-0.1, -0.05) is 12.1 Å². The first-order chi connectivity index (χ1) is 14.1. The summed E-state index contributed by atoms with van der Waals surface area (Å²) in [5.41, 5.74) is 4.29. The van der Waals surface area contributed by atoms with Gasteiger partial charge >= 0.3 is 0 Å². The molecule has 0 aliphatic heterocycles. The molecule has 4 N–H and O–H groups in total. The topological polar surface area (TPSA) is 110 Å². The van der Waals surface area contributed by atoms with Crippen LogP contribution < -0.4 is 10.6 Å². The van der Waals surface area contributed by atoms with Crippen molar-refractivity contribution in [2.75, 3.05) is 33.0 Å². The van der Waals surface area contributed by atoms with Crippen molar-refractivity contribution < 1.29 is 4.79 Å². The number of nitrogens with one attached hydrogen (secondary N) is 4. The summed E-state index contributed by atoms with van der Waals surface area (Å²) in [6, 6.07) is 5.83. The van der Waals surface area contributed by atoms with Crippen LogP contribution in [0, 0.1) is 12.3 Å². The Morgan fingerprint density at radius 3 is 2.67 bits per heavy atom. The van der Waals surface area contributed by atoms with Gasteiger partial charge in [0.05, 0.1) is 17.5 Å². The van der Waals surface area contributed by atoms with Crippen molar-refractivity contribution in [3.05, 3.63) is 53.0 Å². The average Bonchev–Trinajstić information content (AvgIpc) is 3.09. The summed E-state index contributed by atoms with van der Waals surface area (Å²) in [6.07, 6.45) is 3.17. The fourth-order valence-corrected chi connectivity index (χ4v) is 3.61. The summed E-state index contributed by atoms with van der Waals surface area (Å²) in [5, 5.41) is 14.8. The zero-order chi connectivity index (χ0) is 22.1. The van der Waals surface area contributed by atoms with E-state index in [1.54, 1.807) is 12.4 Å². The number of amides is 1. The van der Waals surface area contributed by atoms with Crippen LogP contribution in [0.2, 0.25) is 0 Å². The highest BCUT2D eigenvalue weighted by Gasteiger charge is 2.24. The third kappa shape index (κ3) is 4.49. The van der Waals surface area contributed by atoms with Crippen molar-refractivity contribution in [2.45, 2.75) is 26.3 Å². The zero-order valence-corrected chi connectivity index (χ0v) is 18.3. The van der Waals surface area contributed by atoms with Gasteiger partial charge in [-0.2, -0.15) is 0 Å². The summed E-state index contributed by atoms with van der Waals surface area (Å²) in [6.45, 7) is 6.65. The molecule has 2 aromatic heterocycles. The fourth-order valence-electron chi connectivity index (χ4n) is 3.61. The Hall–Kier alpha value is -3.26. The van der Waals surface area contributed by atoms with Crippen LogP contribution in [0.3, 0.4) is 0 Å². The van der Waals surface area contributed by atoms with Crippen LogP contribution in [0.1, 0.15) is 41.0 Å². The van der Waals surface area contributed by atoms with E-state index in [-0.39, 0.29) is 11.6 Å². The number of rotatable bonds is 7. The van der Waals surface area contributed by atoms with Crippen molar-refractivity contribution in [3.8, 4) is 0 Å². The highest BCUT2D eigenvalue weighted by Crippen LogP contribution is 2.22. The lowest BCUT2D eigenvalue weighted by atomic mass is 10.0. The molecule has 0 saturated heterocycles. The number of hydrogen-bond donors (Lipinski definition) is 4. The van der Waals surface area contributed by atoms with E-state index < -0.39 is 5.54 Å². The highest BCUT2D eigenvalue weighted by molar-refractivity contribution is 6.14. The van der Waals surface area contributed by atoms with E-state index in [2.05, 4.69) is 25.6 Å². The maximum Gasteiger partial charge on any atom is 0.255 e. The Labute approximate surface area is 176 Å². The Bertz CT molecular complexity index is 1100. The van der Waals surface area contributed by atoms with Crippen molar-refractivity contribution in [1.29, 1.82) is 5.41 Å². The average molecular weight is 408 g/mol. The van der Waals surface area contributed by atoms with Gasteiger partial charge in [-0.05, 0) is 46.5 Å². The first kappa shape index (κ1) is 21.4. The minimum Gasteiger partial charge on any atom is -0.388 e. The number of H-pyrrole nitrogens is 1. The molecule has 0 atom stereocenters. The lowest BCUT2D eigenvalue weighted by Crippen LogP contribution is -2.49. The second kappa shape index (κ2) is 8.23. The molecule has 2 heterocycles. The predicted molar refractivity (Wildman–Crippen MR) is 121 cm³/mol. The lowest BCUT2D eigenvalue weighted by Gasteiger charge is -2.29. The molecule has 0 aliphatic rings. The van der Waals surface area contributed by atoms with Gasteiger partial charge in [0.1, 0.15) is 11.2 Å². The van der Waals surface area contributed by atoms with E-state index in [1.165, 1.54) is 0 Å². The predicted octanol–water partition coefficient (Wildman–Crippen LogP) is 2.79. The van der Waals surface area contributed by atoms with E-state index in [0.717, 1.165) is 16.8 Å². The number of benzene rings is 1. The molecule has 0 saturated carbocycles. The Morgan fingerprint density at radius 1 is 1.27 bits per heavy atom. The van der Waals surface area contributed by atoms with E-state index >= 15 is 0 Å². The number of nitrogens with zero attached hydrogens (tertiary/aromatic N) is 3. The Kier molecular flexibility index (Phi) is 5.89. The molecule has 1 amide bonds. The summed E-state index contributed by atoms with van der Waals surface area (Å²) in [7, 11) is 5.76. The number of carbonyl (C=O) groups is 1. The first-order valence-corrected chi connectivity index (χ1v) is 9.80. The Balaban J connectivity index is 1.95. The van der Waals surface area contributed by atoms with Crippen LogP contribution >= 0.6 is 0 Å². The molecular formula is C22H29N7O. The maximum absolute atomic E-state index is 12.9. The first-order valence-electron chi connectivity index (χ1n) is 9.80. The van der Waals surface area contributed by atoms with Crippen molar-refractivity contribution >= 4 is 28.5 Å². The van der Waals surface area contributed by atoms with Gasteiger partial charge in [-0.3, -0.25) is 10.2 Å². The standard InChI is InChI=1S/C22H29N7O/c1-13-7-8-14(16(9-13)24-4)18(23)17-11-26-20-19(27-17)15(10-25-20)21(30)28-22(2,3)12-29(5)6/h7-11,23-24H,12H2,1-6H3,(H,25,26)(H,28,30). The van der Waals surface area contributed by atoms with Gasteiger partial charge in [0.25, 0.3) is 5.91 Å². The highest BCUT2D eigenvalue weighted by atomic mass is 16.1. The maximum atomic E-state index is 12.9. The Morgan fingerprint density at radius 2 is 2.00 bits per heavy atom. The summed E-state index contributed by atoms with van der Waals surface area (Å²) >= 11 is 0. The number of hydrogen-bond acceptors (Lipinski definition) is 6. The van der Waals surface area contributed by atoms with Gasteiger partial charge in [-0.15, -0.1) is 0 Å². The van der Waals surface area contributed by atoms with Crippen LogP contribution in [0.25, 0.3) is 11.2 Å². The molecule has 0 radical (unpaired) electrons. The van der Waals surface area contributed by atoms with Crippen molar-refractivity contribution in [3.63, 3.8) is 0 Å². The molecule has 3 rings (SSSR count). The molecule has 158 valence electrons. The van der Waals surface area contributed by atoms with Gasteiger partial charge in [-0.25, -0.2) is 9.97 Å². The molecule has 0 spiro atoms. The minimum atomic E-state index is -0.411. The number of likely N-dealkylation sites (N-methyl/N-ethyl adjacent to an activating group) is 1. The van der Waals surface area contributed by atoms with Gasteiger partial charge < -0.3 is 20.5 Å². The molecule has 0 unspecified atom stereocenters. The molecule has 0 bridgehead atoms. The number of carbonyl (C=O) groups excluding carboxylic acids is 1. The van der Waals surface area contributed by atoms with E-state index in [4.69, 9.17) is 5.41 Å². The third-order valence-corrected chi connectivity index (χ3v) is 4.76. The van der Waals surface area contributed by atoms with Crippen LogP contribution in [0.15, 0.2) is 30.6 Å². The largest absolute Gasteiger partial charge is 0.388 e. The molecular weight excluding hydrogens is 378 g/mol. The third-order valence-electron chi connectivity index (χ3n) is 4.76. The fraction of sp³-hybridized carbons (Fsp3) is 0.364. The van der Waals surface area contributed by atoms with E-state index in [0.29, 0.717) is 29.0 Å². The molecule has 1 aromatic carbocycles. The molecule has 0 aliphatic carbocycles. The summed E-state index contributed by atoms with van der Waals surface area (Å²) < 4.78 is 0. The smallest absolute Gasteiger partial charge is 0.255 e. The number of aromatic nitrogens is 3. The lowest BCUT2D eigenvalue weighted by molar-refractivity contribution is 0.0901. The summed E-state index contributed by atoms with van der Waals surface area (Å²) in [5.74, 6) is -0.225. The molecule has 8 heteroatoms. The second-order valence-corrected chi connectivity index (χ2v) is 8.40. The normalized spacial score (nSPS) is 11.7. The SMILES string of the molecule is CNc1cc(C)ccc1C(=N)c1cnc2[nH]cc(C(=O)NC(C)(C)CN(C)C)c2n1. The van der Waals surface area contributed by atoms with Crippen molar-refractivity contribution in [1.82, 2.24) is 25.2 Å². The van der Waals surface area contributed by atoms with Gasteiger partial charge in [0.2, 0.25) is 0 Å². The van der Waals surface area contributed by atoms with Crippen LogP contribution in [-0.2, 0) is 0 Å². The quantitative estimate of drug-likeness (QED) is 0.450. The number of aromatic amines is 1. The monoisotopic (exact) mass is 407 g/mol. The van der Waals surface area contributed by atoms with E-state index in [9.17, 15) is 4.79 Å². The van der Waals surface area contributed by atoms with E-state index in [1.807, 2.05) is 65.0 Å². The van der Waals surface area contributed by atoms with Crippen LogP contribution in [-0.4, -0.2) is 64.7 Å². The number of aryl methyl sites for hydroxylation is 1. The van der Waals surface area contributed by atoms with Crippen LogP contribution in [0.5, 0.6) is 0 Å². The zero-order valence-electron chi connectivity index (χ0n) is 18.3. The second-order valence-electron chi connectivity index (χ2n) is 8.40. The van der Waals surface area contributed by atoms with Gasteiger partial charge in [0, 0.05) is 36.6 Å². The summed E-state index contributed by atoms with van der Waals surface area (Å²) in [4.78, 5) is 26.9. The number of fused-ring (bicyclic) bond motifs is 1. The minimum absolute atomic E-state index is 0.225. The molecule has 8 nitrogen and oxygen atoms in total.